The van der Waals surface area contributed by atoms with Crippen molar-refractivity contribution in [2.24, 2.45) is 0 Å². The van der Waals surface area contributed by atoms with E-state index in [1.165, 1.54) is 5.56 Å². The minimum atomic E-state index is -0.357. The number of benzene rings is 4. The number of nitrogens with one attached hydrogen (secondary N) is 2. The van der Waals surface area contributed by atoms with E-state index in [1.807, 2.05) is 61.5 Å². The molecule has 0 aliphatic heterocycles. The first-order chi connectivity index (χ1) is 18.5. The van der Waals surface area contributed by atoms with Gasteiger partial charge in [-0.25, -0.2) is 0 Å². The molecule has 192 valence electrons. The number of carbonyl (C=O) groups excluding carboxylic acids is 2. The molecule has 0 aliphatic carbocycles. The molecule has 2 N–H and O–H groups in total. The van der Waals surface area contributed by atoms with Crippen LogP contribution in [0.15, 0.2) is 109 Å². The van der Waals surface area contributed by atoms with Crippen LogP contribution in [-0.4, -0.2) is 30.1 Å². The van der Waals surface area contributed by atoms with Crippen molar-refractivity contribution in [2.45, 2.75) is 13.3 Å². The van der Waals surface area contributed by atoms with Gasteiger partial charge in [0.05, 0.1) is 6.61 Å². The Morgan fingerprint density at radius 2 is 1.50 bits per heavy atom. The van der Waals surface area contributed by atoms with E-state index in [0.717, 1.165) is 12.1 Å². The van der Waals surface area contributed by atoms with Gasteiger partial charge in [-0.1, -0.05) is 60.7 Å². The molecule has 0 spiro atoms. The van der Waals surface area contributed by atoms with Crippen LogP contribution in [0.1, 0.15) is 33.2 Å². The largest absolute Gasteiger partial charge is 0.493 e. The lowest BCUT2D eigenvalue weighted by molar-refractivity contribution is 0.0973. The van der Waals surface area contributed by atoms with E-state index in [4.69, 9.17) is 17.0 Å². The van der Waals surface area contributed by atoms with Crippen LogP contribution in [0.25, 0.3) is 0 Å². The average molecular weight is 524 g/mol. The van der Waals surface area contributed by atoms with E-state index in [2.05, 4.69) is 22.8 Å². The van der Waals surface area contributed by atoms with Gasteiger partial charge in [0.15, 0.2) is 5.11 Å². The standard InChI is InChI=1S/C31H29N3O3S/c1-2-34(27-16-7-4-8-17-27)30(36)25-14-9-15-26(21-25)32-31(38)33-29(35)24-13-10-18-28(22-24)37-20-19-23-11-5-3-6-12-23/h3-18,21-22H,2,19-20H2,1H3,(H2,32,33,35,38). The number of para-hydroxylation sites is 1. The number of carbonyl (C=O) groups is 2. The second-order valence-corrected chi connectivity index (χ2v) is 8.89. The second kappa shape index (κ2) is 13.2. The van der Waals surface area contributed by atoms with E-state index in [9.17, 15) is 9.59 Å². The van der Waals surface area contributed by atoms with Crippen LogP contribution in [0.5, 0.6) is 5.75 Å². The van der Waals surface area contributed by atoms with Gasteiger partial charge in [0, 0.05) is 35.5 Å². The van der Waals surface area contributed by atoms with Gasteiger partial charge < -0.3 is 15.0 Å². The van der Waals surface area contributed by atoms with Gasteiger partial charge in [0.1, 0.15) is 5.75 Å². The molecular weight excluding hydrogens is 494 g/mol. The third-order valence-corrected chi connectivity index (χ3v) is 6.03. The Bertz CT molecular complexity index is 1390. The van der Waals surface area contributed by atoms with E-state index in [1.54, 1.807) is 47.4 Å². The van der Waals surface area contributed by atoms with Gasteiger partial charge in [-0.15, -0.1) is 0 Å². The smallest absolute Gasteiger partial charge is 0.258 e. The van der Waals surface area contributed by atoms with E-state index >= 15 is 0 Å². The highest BCUT2D eigenvalue weighted by Gasteiger charge is 2.17. The lowest BCUT2D eigenvalue weighted by atomic mass is 10.1. The van der Waals surface area contributed by atoms with Gasteiger partial charge in [0.25, 0.3) is 11.8 Å². The molecule has 4 aromatic carbocycles. The molecule has 4 rings (SSSR count). The van der Waals surface area contributed by atoms with Crippen LogP contribution in [0.4, 0.5) is 11.4 Å². The first-order valence-electron chi connectivity index (χ1n) is 12.4. The van der Waals surface area contributed by atoms with E-state index in [0.29, 0.717) is 35.7 Å². The fraction of sp³-hybridized carbons (Fsp3) is 0.129. The molecule has 0 radical (unpaired) electrons. The van der Waals surface area contributed by atoms with E-state index < -0.39 is 0 Å². The summed E-state index contributed by atoms with van der Waals surface area (Å²) in [5.74, 6) is 0.128. The molecule has 6 nitrogen and oxygen atoms in total. The summed E-state index contributed by atoms with van der Waals surface area (Å²) in [6, 6.07) is 33.6. The Balaban J connectivity index is 1.34. The third kappa shape index (κ3) is 7.27. The molecule has 0 bridgehead atoms. The molecule has 0 aromatic heterocycles. The minimum absolute atomic E-state index is 0.124. The molecule has 0 unspecified atom stereocenters. The fourth-order valence-corrected chi connectivity index (χ4v) is 4.14. The number of nitrogens with zero attached hydrogens (tertiary/aromatic N) is 1. The van der Waals surface area contributed by atoms with Crippen LogP contribution in [0.3, 0.4) is 0 Å². The minimum Gasteiger partial charge on any atom is -0.493 e. The summed E-state index contributed by atoms with van der Waals surface area (Å²) in [6.45, 7) is 2.97. The Hall–Kier alpha value is -4.49. The Labute approximate surface area is 228 Å². The maximum atomic E-state index is 13.1. The monoisotopic (exact) mass is 523 g/mol. The summed E-state index contributed by atoms with van der Waals surface area (Å²) in [6.07, 6.45) is 0.772. The first kappa shape index (κ1) is 26.6. The summed E-state index contributed by atoms with van der Waals surface area (Å²) in [5.41, 5.74) is 3.55. The summed E-state index contributed by atoms with van der Waals surface area (Å²) in [4.78, 5) is 27.6. The maximum Gasteiger partial charge on any atom is 0.258 e. The number of thiocarbonyl (C=S) groups is 1. The highest BCUT2D eigenvalue weighted by atomic mass is 32.1. The van der Waals surface area contributed by atoms with Crippen molar-refractivity contribution in [1.29, 1.82) is 0 Å². The van der Waals surface area contributed by atoms with Crippen molar-refractivity contribution >= 4 is 40.5 Å². The number of rotatable bonds is 9. The molecule has 0 heterocycles. The van der Waals surface area contributed by atoms with Crippen LogP contribution in [0.2, 0.25) is 0 Å². The quantitative estimate of drug-likeness (QED) is 0.259. The van der Waals surface area contributed by atoms with Crippen LogP contribution in [-0.2, 0) is 6.42 Å². The summed E-state index contributed by atoms with van der Waals surface area (Å²) in [5, 5.41) is 5.82. The van der Waals surface area contributed by atoms with E-state index in [-0.39, 0.29) is 16.9 Å². The zero-order chi connectivity index (χ0) is 26.7. The van der Waals surface area contributed by atoms with Gasteiger partial charge in [-0.3, -0.25) is 14.9 Å². The van der Waals surface area contributed by atoms with Crippen molar-refractivity contribution in [3.05, 3.63) is 126 Å². The Morgan fingerprint density at radius 3 is 2.24 bits per heavy atom. The van der Waals surface area contributed by atoms with Crippen LogP contribution >= 0.6 is 12.2 Å². The van der Waals surface area contributed by atoms with Crippen molar-refractivity contribution in [3.8, 4) is 5.75 Å². The zero-order valence-electron chi connectivity index (χ0n) is 21.1. The Kier molecular flexibility index (Phi) is 9.21. The summed E-state index contributed by atoms with van der Waals surface area (Å²) in [7, 11) is 0. The zero-order valence-corrected chi connectivity index (χ0v) is 21.9. The number of hydrogen-bond donors (Lipinski definition) is 2. The number of amides is 2. The molecule has 0 atom stereocenters. The predicted molar refractivity (Wildman–Crippen MR) is 156 cm³/mol. The van der Waals surface area contributed by atoms with Gasteiger partial charge in [0.2, 0.25) is 0 Å². The fourth-order valence-electron chi connectivity index (χ4n) is 3.93. The highest BCUT2D eigenvalue weighted by molar-refractivity contribution is 7.80. The van der Waals surface area contributed by atoms with Crippen molar-refractivity contribution in [1.82, 2.24) is 5.32 Å². The molecule has 38 heavy (non-hydrogen) atoms. The molecule has 0 aliphatic rings. The number of anilines is 2. The normalized spacial score (nSPS) is 10.3. The van der Waals surface area contributed by atoms with Gasteiger partial charge >= 0.3 is 0 Å². The number of hydrogen-bond acceptors (Lipinski definition) is 4. The summed E-state index contributed by atoms with van der Waals surface area (Å²) >= 11 is 5.36. The van der Waals surface area contributed by atoms with Crippen molar-refractivity contribution in [3.63, 3.8) is 0 Å². The van der Waals surface area contributed by atoms with Gasteiger partial charge in [-0.2, -0.15) is 0 Å². The molecule has 0 fully saturated rings. The maximum absolute atomic E-state index is 13.1. The molecule has 7 heteroatoms. The van der Waals surface area contributed by atoms with Crippen molar-refractivity contribution in [2.75, 3.05) is 23.4 Å². The number of ether oxygens (including phenoxy) is 1. The SMILES string of the molecule is CCN(C(=O)c1cccc(NC(=S)NC(=O)c2cccc(OCCc3ccccc3)c2)c1)c1ccccc1. The third-order valence-electron chi connectivity index (χ3n) is 5.82. The molecule has 0 saturated heterocycles. The highest BCUT2D eigenvalue weighted by Crippen LogP contribution is 2.19. The van der Waals surface area contributed by atoms with Gasteiger partial charge in [-0.05, 0) is 73.2 Å². The Morgan fingerprint density at radius 1 is 0.816 bits per heavy atom. The first-order valence-corrected chi connectivity index (χ1v) is 12.8. The van der Waals surface area contributed by atoms with Crippen LogP contribution in [0, 0.1) is 0 Å². The molecule has 0 saturated carbocycles. The molecule has 4 aromatic rings. The molecular formula is C31H29N3O3S. The second-order valence-electron chi connectivity index (χ2n) is 8.49. The lowest BCUT2D eigenvalue weighted by Crippen LogP contribution is -2.34. The van der Waals surface area contributed by atoms with Crippen LogP contribution < -0.4 is 20.3 Å². The molecule has 2 amide bonds. The topological polar surface area (TPSA) is 70.7 Å². The predicted octanol–water partition coefficient (Wildman–Crippen LogP) is 6.10. The lowest BCUT2D eigenvalue weighted by Gasteiger charge is -2.21. The average Bonchev–Trinajstić information content (AvgIpc) is 2.95. The van der Waals surface area contributed by atoms with Crippen molar-refractivity contribution < 1.29 is 14.3 Å². The summed E-state index contributed by atoms with van der Waals surface area (Å²) < 4.78 is 5.83.